The molecule has 0 saturated heterocycles. The second-order valence-corrected chi connectivity index (χ2v) is 5.72. The molecule has 0 aliphatic rings. The zero-order valence-corrected chi connectivity index (χ0v) is 11.8. The van der Waals surface area contributed by atoms with Gasteiger partial charge in [-0.15, -0.1) is 0 Å². The highest BCUT2D eigenvalue weighted by molar-refractivity contribution is 4.72. The molecule has 110 valence electrons. The van der Waals surface area contributed by atoms with E-state index in [1.54, 1.807) is 4.90 Å². The molecule has 0 aliphatic carbocycles. The van der Waals surface area contributed by atoms with Gasteiger partial charge in [0.2, 0.25) is 0 Å². The van der Waals surface area contributed by atoms with Gasteiger partial charge in [-0.05, 0) is 37.8 Å². The average Bonchev–Trinajstić information content (AvgIpc) is 2.19. The molecule has 1 unspecified atom stereocenters. The Morgan fingerprint density at radius 1 is 0.944 bits per heavy atom. The molecule has 0 fully saturated rings. The molecule has 0 amide bonds. The van der Waals surface area contributed by atoms with Crippen LogP contribution in [0.25, 0.3) is 0 Å². The fourth-order valence-electron chi connectivity index (χ4n) is 1.52. The summed E-state index contributed by atoms with van der Waals surface area (Å²) in [6.07, 6.45) is -5.06. The van der Waals surface area contributed by atoms with Gasteiger partial charge in [-0.25, -0.2) is 0 Å². The Morgan fingerprint density at radius 2 is 1.33 bits per heavy atom. The van der Waals surface area contributed by atoms with E-state index >= 15 is 0 Å². The van der Waals surface area contributed by atoms with Crippen LogP contribution < -0.4 is 0 Å². The highest BCUT2D eigenvalue weighted by Gasteiger charge is 2.38. The lowest BCUT2D eigenvalue weighted by atomic mass is 10.1. The standard InChI is InChI=1S/C13H26F3NO/c1-10(2)5-7-17(8-6-11(3)4)9-12(18)13(14,15)16/h10-12,18H,5-9H2,1-4H3. The summed E-state index contributed by atoms with van der Waals surface area (Å²) in [4.78, 5) is 1.72. The van der Waals surface area contributed by atoms with E-state index in [2.05, 4.69) is 0 Å². The first-order valence-corrected chi connectivity index (χ1v) is 6.60. The molecule has 0 saturated carbocycles. The average molecular weight is 269 g/mol. The number of aliphatic hydroxyl groups excluding tert-OH is 1. The van der Waals surface area contributed by atoms with Crippen LogP contribution in [0.2, 0.25) is 0 Å². The van der Waals surface area contributed by atoms with Crippen LogP contribution in [0, 0.1) is 11.8 Å². The van der Waals surface area contributed by atoms with Crippen LogP contribution in [-0.4, -0.2) is 41.9 Å². The van der Waals surface area contributed by atoms with Gasteiger partial charge in [-0.1, -0.05) is 27.7 Å². The van der Waals surface area contributed by atoms with Gasteiger partial charge >= 0.3 is 6.18 Å². The van der Waals surface area contributed by atoms with Gasteiger partial charge in [-0.2, -0.15) is 13.2 Å². The summed E-state index contributed by atoms with van der Waals surface area (Å²) in [5.41, 5.74) is 0. The molecule has 18 heavy (non-hydrogen) atoms. The first kappa shape index (κ1) is 17.7. The van der Waals surface area contributed by atoms with Crippen LogP contribution >= 0.6 is 0 Å². The monoisotopic (exact) mass is 269 g/mol. The Morgan fingerprint density at radius 3 is 1.61 bits per heavy atom. The Bertz CT molecular complexity index is 205. The topological polar surface area (TPSA) is 23.5 Å². The van der Waals surface area contributed by atoms with Crippen molar-refractivity contribution >= 4 is 0 Å². The highest BCUT2D eigenvalue weighted by Crippen LogP contribution is 2.21. The molecule has 0 aromatic rings. The summed E-state index contributed by atoms with van der Waals surface area (Å²) >= 11 is 0. The minimum Gasteiger partial charge on any atom is -0.382 e. The van der Waals surface area contributed by atoms with E-state index in [0.717, 1.165) is 12.8 Å². The van der Waals surface area contributed by atoms with Gasteiger partial charge < -0.3 is 10.0 Å². The molecule has 1 atom stereocenters. The van der Waals surface area contributed by atoms with Gasteiger partial charge in [-0.3, -0.25) is 0 Å². The molecule has 1 N–H and O–H groups in total. The van der Waals surface area contributed by atoms with E-state index in [9.17, 15) is 13.2 Å². The summed E-state index contributed by atoms with van der Waals surface area (Å²) in [5.74, 6) is 0.907. The quantitative estimate of drug-likeness (QED) is 0.731. The minimum atomic E-state index is -4.52. The van der Waals surface area contributed by atoms with Crippen LogP contribution in [0.4, 0.5) is 13.2 Å². The van der Waals surface area contributed by atoms with E-state index < -0.39 is 12.3 Å². The van der Waals surface area contributed by atoms with Crippen molar-refractivity contribution in [3.63, 3.8) is 0 Å². The lowest BCUT2D eigenvalue weighted by molar-refractivity contribution is -0.208. The highest BCUT2D eigenvalue weighted by atomic mass is 19.4. The van der Waals surface area contributed by atoms with E-state index in [4.69, 9.17) is 5.11 Å². The SMILES string of the molecule is CC(C)CCN(CCC(C)C)CC(O)C(F)(F)F. The third-order valence-corrected chi connectivity index (χ3v) is 2.85. The molecule has 2 nitrogen and oxygen atoms in total. The maximum absolute atomic E-state index is 12.3. The lowest BCUT2D eigenvalue weighted by Gasteiger charge is -2.27. The van der Waals surface area contributed by atoms with Crippen LogP contribution in [-0.2, 0) is 0 Å². The van der Waals surface area contributed by atoms with Crippen LogP contribution in [0.15, 0.2) is 0 Å². The third-order valence-electron chi connectivity index (χ3n) is 2.85. The molecular formula is C13H26F3NO. The first-order chi connectivity index (χ1) is 8.12. The fourth-order valence-corrected chi connectivity index (χ4v) is 1.52. The van der Waals surface area contributed by atoms with Gasteiger partial charge in [0.05, 0.1) is 0 Å². The molecule has 0 aromatic carbocycles. The lowest BCUT2D eigenvalue weighted by Crippen LogP contribution is -2.42. The zero-order chi connectivity index (χ0) is 14.3. The maximum atomic E-state index is 12.3. The number of rotatable bonds is 8. The predicted molar refractivity (Wildman–Crippen MR) is 67.4 cm³/mol. The minimum absolute atomic E-state index is 0.317. The van der Waals surface area contributed by atoms with Gasteiger partial charge in [0.1, 0.15) is 0 Å². The van der Waals surface area contributed by atoms with E-state index in [0.29, 0.717) is 24.9 Å². The van der Waals surface area contributed by atoms with Gasteiger partial charge in [0.25, 0.3) is 0 Å². The first-order valence-electron chi connectivity index (χ1n) is 6.60. The molecule has 0 aromatic heterocycles. The van der Waals surface area contributed by atoms with Crippen LogP contribution in [0.5, 0.6) is 0 Å². The van der Waals surface area contributed by atoms with E-state index in [1.807, 2.05) is 27.7 Å². The number of aliphatic hydroxyl groups is 1. The predicted octanol–water partition coefficient (Wildman–Crippen LogP) is 3.30. The van der Waals surface area contributed by atoms with Crippen molar-refractivity contribution in [3.8, 4) is 0 Å². The smallest absolute Gasteiger partial charge is 0.382 e. The van der Waals surface area contributed by atoms with Crippen LogP contribution in [0.1, 0.15) is 40.5 Å². The second-order valence-electron chi connectivity index (χ2n) is 5.72. The van der Waals surface area contributed by atoms with E-state index in [-0.39, 0.29) is 6.54 Å². The molecule has 0 rings (SSSR count). The maximum Gasteiger partial charge on any atom is 0.415 e. The van der Waals surface area contributed by atoms with E-state index in [1.165, 1.54) is 0 Å². The van der Waals surface area contributed by atoms with Crippen molar-refractivity contribution in [1.82, 2.24) is 4.90 Å². The molecule has 0 aliphatic heterocycles. The molecular weight excluding hydrogens is 243 g/mol. The second kappa shape index (κ2) is 8.00. The molecule has 0 bridgehead atoms. The Labute approximate surface area is 108 Å². The summed E-state index contributed by atoms with van der Waals surface area (Å²) in [5, 5.41) is 9.12. The zero-order valence-electron chi connectivity index (χ0n) is 11.8. The summed E-state index contributed by atoms with van der Waals surface area (Å²) in [6.45, 7) is 9.07. The van der Waals surface area contributed by atoms with Crippen LogP contribution in [0.3, 0.4) is 0 Å². The van der Waals surface area contributed by atoms with Crippen molar-refractivity contribution in [3.05, 3.63) is 0 Å². The Balaban J connectivity index is 4.27. The van der Waals surface area contributed by atoms with Crippen molar-refractivity contribution in [2.75, 3.05) is 19.6 Å². The normalized spacial score (nSPS) is 14.8. The summed E-state index contributed by atoms with van der Waals surface area (Å²) in [6, 6.07) is 0. The van der Waals surface area contributed by atoms with Crippen molar-refractivity contribution in [2.24, 2.45) is 11.8 Å². The number of hydrogen-bond acceptors (Lipinski definition) is 2. The van der Waals surface area contributed by atoms with Gasteiger partial charge in [0.15, 0.2) is 6.10 Å². The summed E-state index contributed by atoms with van der Waals surface area (Å²) in [7, 11) is 0. The largest absolute Gasteiger partial charge is 0.415 e. The molecule has 0 radical (unpaired) electrons. The number of halogens is 3. The van der Waals surface area contributed by atoms with Gasteiger partial charge in [0, 0.05) is 6.54 Å². The molecule has 5 heteroatoms. The number of nitrogens with zero attached hydrogens (tertiary/aromatic N) is 1. The number of alkyl halides is 3. The third kappa shape index (κ3) is 8.75. The van der Waals surface area contributed by atoms with Crippen molar-refractivity contribution in [2.45, 2.75) is 52.8 Å². The number of hydrogen-bond donors (Lipinski definition) is 1. The van der Waals surface area contributed by atoms with Crippen molar-refractivity contribution in [1.29, 1.82) is 0 Å². The molecule has 0 heterocycles. The molecule has 0 spiro atoms. The Kier molecular flexibility index (Phi) is 7.87. The summed E-state index contributed by atoms with van der Waals surface area (Å²) < 4.78 is 37.0. The van der Waals surface area contributed by atoms with Crippen molar-refractivity contribution < 1.29 is 18.3 Å². The fraction of sp³-hybridized carbons (Fsp3) is 1.00. The Hall–Kier alpha value is -0.290.